The Hall–Kier alpha value is -0.570. The molecule has 1 aliphatic heterocycles. The van der Waals surface area contributed by atoms with Gasteiger partial charge >= 0.3 is 5.97 Å². The molecule has 3 heteroatoms. The molecule has 0 radical (unpaired) electrons. The van der Waals surface area contributed by atoms with Crippen LogP contribution in [0.25, 0.3) is 0 Å². The summed E-state index contributed by atoms with van der Waals surface area (Å²) >= 11 is 0. The molecule has 0 aromatic rings. The third kappa shape index (κ3) is 3.15. The zero-order valence-corrected chi connectivity index (χ0v) is 24.4. The zero-order chi connectivity index (χ0) is 25.7. The molecule has 4 aliphatic carbocycles. The van der Waals surface area contributed by atoms with E-state index in [-0.39, 0.29) is 39.5 Å². The van der Waals surface area contributed by atoms with Crippen LogP contribution in [0.1, 0.15) is 133 Å². The summed E-state index contributed by atoms with van der Waals surface area (Å²) in [5.74, 6) is 2.88. The third-order valence-corrected chi connectivity index (χ3v) is 13.4. The fourth-order valence-electron chi connectivity index (χ4n) is 11.4. The summed E-state index contributed by atoms with van der Waals surface area (Å²) in [5.41, 5.74) is 0.936. The van der Waals surface area contributed by atoms with Crippen molar-refractivity contribution in [2.24, 2.45) is 45.3 Å². The molecule has 5 rings (SSSR count). The fraction of sp³-hybridized carbons (Fsp3) is 0.969. The van der Waals surface area contributed by atoms with Crippen LogP contribution in [0.2, 0.25) is 0 Å². The molecule has 5 aliphatic rings. The van der Waals surface area contributed by atoms with Crippen LogP contribution in [0.4, 0.5) is 0 Å². The highest BCUT2D eigenvalue weighted by Crippen LogP contribution is 2.86. The number of rotatable bonds is 6. The Morgan fingerprint density at radius 3 is 2.23 bits per heavy atom. The van der Waals surface area contributed by atoms with Crippen LogP contribution in [0.3, 0.4) is 0 Å². The average molecular weight is 487 g/mol. The third-order valence-electron chi connectivity index (χ3n) is 13.4. The van der Waals surface area contributed by atoms with Gasteiger partial charge in [-0.1, -0.05) is 74.7 Å². The Labute approximate surface area is 215 Å². The molecule has 0 aromatic heterocycles. The molecule has 0 spiro atoms. The van der Waals surface area contributed by atoms with Gasteiger partial charge in [0.1, 0.15) is 17.3 Å². The van der Waals surface area contributed by atoms with Crippen LogP contribution in [-0.4, -0.2) is 23.3 Å². The molecule has 200 valence electrons. The van der Waals surface area contributed by atoms with E-state index in [0.29, 0.717) is 11.3 Å². The number of carbonyl (C=O) groups excluding carboxylic acids is 1. The molecule has 35 heavy (non-hydrogen) atoms. The van der Waals surface area contributed by atoms with Gasteiger partial charge in [-0.2, -0.15) is 0 Å². The number of esters is 1. The molecule has 0 unspecified atom stereocenters. The lowest BCUT2D eigenvalue weighted by atomic mass is 9.38. The van der Waals surface area contributed by atoms with E-state index in [4.69, 9.17) is 9.47 Å². The van der Waals surface area contributed by atoms with Crippen LogP contribution < -0.4 is 0 Å². The van der Waals surface area contributed by atoms with E-state index in [1.165, 1.54) is 57.8 Å². The molecular formula is C32H54O3. The van der Waals surface area contributed by atoms with E-state index in [0.717, 1.165) is 30.6 Å². The maximum atomic E-state index is 11.9. The second-order valence-corrected chi connectivity index (χ2v) is 15.4. The van der Waals surface area contributed by atoms with Crippen molar-refractivity contribution in [1.29, 1.82) is 0 Å². The smallest absolute Gasteiger partial charge is 0.302 e. The molecule has 0 bridgehead atoms. The second kappa shape index (κ2) is 7.97. The van der Waals surface area contributed by atoms with E-state index in [1.807, 2.05) is 0 Å². The van der Waals surface area contributed by atoms with Gasteiger partial charge in [0.15, 0.2) is 0 Å². The van der Waals surface area contributed by atoms with Crippen molar-refractivity contribution in [2.45, 2.75) is 150 Å². The van der Waals surface area contributed by atoms with E-state index >= 15 is 0 Å². The minimum atomic E-state index is -0.127. The van der Waals surface area contributed by atoms with Gasteiger partial charge in [-0.05, 0) is 80.5 Å². The zero-order valence-electron chi connectivity index (χ0n) is 24.4. The highest BCUT2D eigenvalue weighted by Gasteiger charge is 2.90. The molecule has 0 N–H and O–H groups in total. The van der Waals surface area contributed by atoms with Crippen LogP contribution in [0.5, 0.6) is 0 Å². The fourth-order valence-corrected chi connectivity index (χ4v) is 11.4. The average Bonchev–Trinajstić information content (AvgIpc) is 3.39. The van der Waals surface area contributed by atoms with Crippen LogP contribution in [-0.2, 0) is 14.3 Å². The summed E-state index contributed by atoms with van der Waals surface area (Å²) in [7, 11) is 0. The van der Waals surface area contributed by atoms with Crippen molar-refractivity contribution in [2.75, 3.05) is 0 Å². The lowest BCUT2D eigenvalue weighted by Gasteiger charge is -2.64. The summed E-state index contributed by atoms with van der Waals surface area (Å²) < 4.78 is 13.2. The number of hydrogen-bond acceptors (Lipinski definition) is 3. The van der Waals surface area contributed by atoms with Gasteiger partial charge in [-0.3, -0.25) is 4.79 Å². The highest BCUT2D eigenvalue weighted by molar-refractivity contribution is 5.66. The van der Waals surface area contributed by atoms with Gasteiger partial charge in [-0.15, -0.1) is 0 Å². The topological polar surface area (TPSA) is 38.8 Å². The van der Waals surface area contributed by atoms with Crippen molar-refractivity contribution in [3.05, 3.63) is 0 Å². The molecule has 5 fully saturated rings. The Morgan fingerprint density at radius 2 is 1.57 bits per heavy atom. The van der Waals surface area contributed by atoms with E-state index in [1.54, 1.807) is 6.92 Å². The summed E-state index contributed by atoms with van der Waals surface area (Å²) in [6.07, 6.45) is 14.0. The lowest BCUT2D eigenvalue weighted by Crippen LogP contribution is -2.66. The van der Waals surface area contributed by atoms with Crippen LogP contribution in [0, 0.1) is 45.3 Å². The molecule has 1 heterocycles. The SMILES string of the molecule is CC(=O)O[C@H]1CC[C@@]2(C)[C@@H](CC[C@]34O[C@]32CC[C@]2(C)[C@@H]([C@@H](C)CCCC(C)C)CC[C@@]42C)C1(C)C. The predicted molar refractivity (Wildman–Crippen MR) is 142 cm³/mol. The van der Waals surface area contributed by atoms with Crippen molar-refractivity contribution in [3.8, 4) is 0 Å². The Balaban J connectivity index is 1.42. The molecular weight excluding hydrogens is 432 g/mol. The maximum Gasteiger partial charge on any atom is 0.302 e. The first-order valence-electron chi connectivity index (χ1n) is 15.1. The van der Waals surface area contributed by atoms with Gasteiger partial charge < -0.3 is 9.47 Å². The summed E-state index contributed by atoms with van der Waals surface area (Å²) in [6.45, 7) is 21.5. The quantitative estimate of drug-likeness (QED) is 0.280. The predicted octanol–water partition coefficient (Wildman–Crippen LogP) is 8.34. The van der Waals surface area contributed by atoms with Gasteiger partial charge in [0, 0.05) is 23.2 Å². The van der Waals surface area contributed by atoms with Crippen LogP contribution >= 0.6 is 0 Å². The van der Waals surface area contributed by atoms with Gasteiger partial charge in [-0.25, -0.2) is 0 Å². The molecule has 3 nitrogen and oxygen atoms in total. The maximum absolute atomic E-state index is 11.9. The van der Waals surface area contributed by atoms with E-state index in [9.17, 15) is 4.79 Å². The van der Waals surface area contributed by atoms with Crippen molar-refractivity contribution in [1.82, 2.24) is 0 Å². The molecule has 9 atom stereocenters. The number of ether oxygens (including phenoxy) is 2. The summed E-state index contributed by atoms with van der Waals surface area (Å²) in [5, 5.41) is 0. The normalized spacial score (nSPS) is 50.5. The summed E-state index contributed by atoms with van der Waals surface area (Å²) in [6, 6.07) is 0. The molecule has 1 saturated heterocycles. The molecule has 4 saturated carbocycles. The molecule has 0 amide bonds. The van der Waals surface area contributed by atoms with Gasteiger partial charge in [0.25, 0.3) is 0 Å². The summed E-state index contributed by atoms with van der Waals surface area (Å²) in [4.78, 5) is 11.9. The number of hydrogen-bond donors (Lipinski definition) is 0. The first-order valence-corrected chi connectivity index (χ1v) is 15.1. The highest BCUT2D eigenvalue weighted by atomic mass is 16.6. The van der Waals surface area contributed by atoms with Crippen molar-refractivity contribution >= 4 is 5.97 Å². The van der Waals surface area contributed by atoms with Crippen molar-refractivity contribution < 1.29 is 14.3 Å². The first kappa shape index (κ1) is 26.1. The Bertz CT molecular complexity index is 863. The number of epoxide rings is 1. The monoisotopic (exact) mass is 486 g/mol. The minimum Gasteiger partial charge on any atom is -0.462 e. The van der Waals surface area contributed by atoms with Crippen LogP contribution in [0.15, 0.2) is 0 Å². The minimum absolute atomic E-state index is 0.00365. The van der Waals surface area contributed by atoms with Crippen molar-refractivity contribution in [3.63, 3.8) is 0 Å². The Kier molecular flexibility index (Phi) is 5.93. The largest absolute Gasteiger partial charge is 0.462 e. The van der Waals surface area contributed by atoms with Gasteiger partial charge in [0.2, 0.25) is 0 Å². The van der Waals surface area contributed by atoms with E-state index in [2.05, 4.69) is 55.4 Å². The molecule has 0 aromatic carbocycles. The second-order valence-electron chi connectivity index (χ2n) is 15.4. The standard InChI is InChI=1S/C32H54O3/c1-21(2)11-10-12-22(3)24-13-17-30(9)28(24,7)19-20-31-29(8)16-15-26(34-23(4)33)27(5,6)25(29)14-18-32(30,31)35-31/h21-22,24-26H,10-20H2,1-9H3/t22-,24+,25-,26-,28+,29-,30+,31-,32+/m0/s1. The number of carbonyl (C=O) groups is 1. The lowest BCUT2D eigenvalue weighted by molar-refractivity contribution is -0.184. The Morgan fingerprint density at radius 1 is 0.857 bits per heavy atom. The number of fused-ring (bicyclic) bond motifs is 2. The van der Waals surface area contributed by atoms with Gasteiger partial charge in [0.05, 0.1) is 0 Å². The first-order chi connectivity index (χ1) is 16.2. The van der Waals surface area contributed by atoms with E-state index < -0.39 is 0 Å².